The zero-order valence-electron chi connectivity index (χ0n) is 18.8. The molecule has 0 aliphatic rings. The Morgan fingerprint density at radius 1 is 0.649 bits per heavy atom. The van der Waals surface area contributed by atoms with E-state index in [9.17, 15) is 34.7 Å². The van der Waals surface area contributed by atoms with Crippen LogP contribution in [0.4, 0.5) is 44.2 Å². The Morgan fingerprint density at radius 2 is 1.14 bits per heavy atom. The molecule has 1 N–H and O–H groups in total. The van der Waals surface area contributed by atoms with Gasteiger partial charge in [0.2, 0.25) is 5.69 Å². The number of para-hydroxylation sites is 2. The van der Waals surface area contributed by atoms with E-state index in [0.29, 0.717) is 23.5 Å². The van der Waals surface area contributed by atoms with Crippen LogP contribution < -0.4 is 15.6 Å². The SMILES string of the molecule is O=[N+]([O-])c1cc([N+](=O)[O-])c(N(c2ccccc2)N(Nc2ccc(F)cc2)c2ccccc2)c([N+](=O)[O-])c1. The van der Waals surface area contributed by atoms with Gasteiger partial charge in [0.05, 0.1) is 44.0 Å². The molecule has 4 aromatic carbocycles. The van der Waals surface area contributed by atoms with Crippen molar-refractivity contribution in [2.24, 2.45) is 0 Å². The fourth-order valence-electron chi connectivity index (χ4n) is 3.55. The van der Waals surface area contributed by atoms with E-state index in [2.05, 4.69) is 5.43 Å². The van der Waals surface area contributed by atoms with E-state index in [4.69, 9.17) is 0 Å². The quantitative estimate of drug-likeness (QED) is 0.210. The van der Waals surface area contributed by atoms with Crippen molar-refractivity contribution in [3.05, 3.63) is 133 Å². The Morgan fingerprint density at radius 3 is 1.59 bits per heavy atom. The summed E-state index contributed by atoms with van der Waals surface area (Å²) in [6.07, 6.45) is 0. The third-order valence-corrected chi connectivity index (χ3v) is 5.15. The number of halogens is 1. The van der Waals surface area contributed by atoms with Gasteiger partial charge in [-0.15, -0.1) is 0 Å². The molecule has 0 bridgehead atoms. The van der Waals surface area contributed by atoms with Crippen LogP contribution in [0.2, 0.25) is 0 Å². The molecule has 0 saturated carbocycles. The molecular formula is C24H17FN6O6. The third kappa shape index (κ3) is 5.24. The zero-order valence-corrected chi connectivity index (χ0v) is 18.8. The molecule has 0 aliphatic carbocycles. The molecule has 12 nitrogen and oxygen atoms in total. The molecule has 0 fully saturated rings. The number of nitro groups is 3. The molecule has 0 amide bonds. The molecule has 0 saturated heterocycles. The van der Waals surface area contributed by atoms with Crippen molar-refractivity contribution in [3.8, 4) is 0 Å². The number of nitrogens with zero attached hydrogens (tertiary/aromatic N) is 5. The maximum absolute atomic E-state index is 13.6. The molecule has 0 aromatic heterocycles. The molecule has 4 rings (SSSR count). The Bertz CT molecular complexity index is 1420. The number of rotatable bonds is 9. The van der Waals surface area contributed by atoms with Gasteiger partial charge in [-0.1, -0.05) is 36.4 Å². The molecule has 0 radical (unpaired) electrons. The highest BCUT2D eigenvalue weighted by molar-refractivity contribution is 5.86. The van der Waals surface area contributed by atoms with Crippen LogP contribution in [0.5, 0.6) is 0 Å². The molecule has 0 aliphatic heterocycles. The molecule has 0 unspecified atom stereocenters. The van der Waals surface area contributed by atoms with E-state index in [1.54, 1.807) is 60.7 Å². The van der Waals surface area contributed by atoms with Crippen LogP contribution in [-0.4, -0.2) is 14.8 Å². The minimum Gasteiger partial charge on any atom is -0.279 e. The maximum Gasteiger partial charge on any atom is 0.308 e. The predicted octanol–water partition coefficient (Wildman–Crippen LogP) is 6.14. The predicted molar refractivity (Wildman–Crippen MR) is 134 cm³/mol. The van der Waals surface area contributed by atoms with Gasteiger partial charge in [0.1, 0.15) is 5.82 Å². The Balaban J connectivity index is 2.05. The first kappa shape index (κ1) is 24.5. The Kier molecular flexibility index (Phi) is 6.86. The van der Waals surface area contributed by atoms with Gasteiger partial charge in [0.25, 0.3) is 5.69 Å². The van der Waals surface area contributed by atoms with Crippen LogP contribution in [0.3, 0.4) is 0 Å². The first-order valence-corrected chi connectivity index (χ1v) is 10.6. The first-order chi connectivity index (χ1) is 17.8. The summed E-state index contributed by atoms with van der Waals surface area (Å²) >= 11 is 0. The van der Waals surface area contributed by atoms with Crippen LogP contribution >= 0.6 is 0 Å². The summed E-state index contributed by atoms with van der Waals surface area (Å²) in [5.41, 5.74) is 0.899. The van der Waals surface area contributed by atoms with Gasteiger partial charge < -0.3 is 0 Å². The smallest absolute Gasteiger partial charge is 0.279 e. The fraction of sp³-hybridized carbons (Fsp3) is 0. The second kappa shape index (κ2) is 10.4. The monoisotopic (exact) mass is 504 g/mol. The number of nitro benzene ring substituents is 3. The van der Waals surface area contributed by atoms with Crippen molar-refractivity contribution in [3.63, 3.8) is 0 Å². The second-order valence-electron chi connectivity index (χ2n) is 7.52. The van der Waals surface area contributed by atoms with Crippen molar-refractivity contribution in [2.45, 2.75) is 0 Å². The first-order valence-electron chi connectivity index (χ1n) is 10.6. The van der Waals surface area contributed by atoms with Crippen molar-refractivity contribution in [1.29, 1.82) is 0 Å². The normalized spacial score (nSPS) is 10.4. The van der Waals surface area contributed by atoms with Crippen LogP contribution in [0.1, 0.15) is 0 Å². The lowest BCUT2D eigenvalue weighted by Crippen LogP contribution is -2.44. The number of hydrazine groups is 2. The average Bonchev–Trinajstić information content (AvgIpc) is 2.90. The highest BCUT2D eigenvalue weighted by Crippen LogP contribution is 2.45. The summed E-state index contributed by atoms with van der Waals surface area (Å²) in [4.78, 5) is 32.9. The van der Waals surface area contributed by atoms with E-state index in [0.717, 1.165) is 0 Å². The number of benzene rings is 4. The number of nitrogens with one attached hydrogen (secondary N) is 1. The summed E-state index contributed by atoms with van der Waals surface area (Å²) in [6, 6.07) is 22.9. The number of hydrogen-bond donors (Lipinski definition) is 1. The molecule has 0 heterocycles. The summed E-state index contributed by atoms with van der Waals surface area (Å²) in [5.74, 6) is -0.502. The molecule has 37 heavy (non-hydrogen) atoms. The van der Waals surface area contributed by atoms with Gasteiger partial charge in [-0.2, -0.15) is 5.12 Å². The maximum atomic E-state index is 13.6. The number of anilines is 4. The van der Waals surface area contributed by atoms with Crippen molar-refractivity contribution in [1.82, 2.24) is 0 Å². The Labute approximate surface area is 208 Å². The van der Waals surface area contributed by atoms with E-state index in [-0.39, 0.29) is 5.69 Å². The Hall–Kier alpha value is -5.59. The van der Waals surface area contributed by atoms with Gasteiger partial charge >= 0.3 is 11.4 Å². The number of hydrogen-bond acceptors (Lipinski definition) is 9. The average molecular weight is 504 g/mol. The van der Waals surface area contributed by atoms with Crippen LogP contribution in [0.25, 0.3) is 0 Å². The van der Waals surface area contributed by atoms with E-state index < -0.39 is 43.3 Å². The van der Waals surface area contributed by atoms with Gasteiger partial charge in [0, 0.05) is 0 Å². The topological polar surface area (TPSA) is 148 Å². The van der Waals surface area contributed by atoms with Crippen LogP contribution in [-0.2, 0) is 0 Å². The van der Waals surface area contributed by atoms with Crippen LogP contribution in [0, 0.1) is 36.2 Å². The lowest BCUT2D eigenvalue weighted by molar-refractivity contribution is -0.402. The van der Waals surface area contributed by atoms with Crippen LogP contribution in [0.15, 0.2) is 97.1 Å². The second-order valence-corrected chi connectivity index (χ2v) is 7.52. The molecular weight excluding hydrogens is 487 g/mol. The fourth-order valence-corrected chi connectivity index (χ4v) is 3.55. The van der Waals surface area contributed by atoms with Gasteiger partial charge in [0.15, 0.2) is 0 Å². The summed E-state index contributed by atoms with van der Waals surface area (Å²) in [6.45, 7) is 0. The lowest BCUT2D eigenvalue weighted by atomic mass is 10.1. The minimum absolute atomic E-state index is 0.251. The number of non-ortho nitro benzene ring substituents is 1. The largest absolute Gasteiger partial charge is 0.308 e. The van der Waals surface area contributed by atoms with Gasteiger partial charge in [-0.3, -0.25) is 35.8 Å². The summed E-state index contributed by atoms with van der Waals surface area (Å²) in [7, 11) is 0. The third-order valence-electron chi connectivity index (χ3n) is 5.15. The molecule has 0 spiro atoms. The highest BCUT2D eigenvalue weighted by atomic mass is 19.1. The minimum atomic E-state index is -0.942. The van der Waals surface area contributed by atoms with Crippen molar-refractivity contribution in [2.75, 3.05) is 15.6 Å². The van der Waals surface area contributed by atoms with E-state index in [1.807, 2.05) is 0 Å². The van der Waals surface area contributed by atoms with Crippen molar-refractivity contribution < 1.29 is 19.2 Å². The van der Waals surface area contributed by atoms with E-state index >= 15 is 0 Å². The summed E-state index contributed by atoms with van der Waals surface area (Å²) in [5, 5.41) is 38.1. The lowest BCUT2D eigenvalue weighted by Gasteiger charge is -2.37. The molecule has 186 valence electrons. The zero-order chi connectivity index (χ0) is 26.5. The van der Waals surface area contributed by atoms with Gasteiger partial charge in [-0.25, -0.2) is 9.40 Å². The molecule has 13 heteroatoms. The van der Waals surface area contributed by atoms with Crippen molar-refractivity contribution >= 4 is 39.8 Å². The molecule has 0 atom stereocenters. The standard InChI is InChI=1S/C24H17FN6O6/c25-17-11-13-18(14-12-17)26-28(20-9-5-2-6-10-20)27(19-7-3-1-4-8-19)24-22(30(34)35)15-21(29(32)33)16-23(24)31(36)37/h1-16,26H. The summed E-state index contributed by atoms with van der Waals surface area (Å²) < 4.78 is 13.6. The molecule has 4 aromatic rings. The van der Waals surface area contributed by atoms with Gasteiger partial charge in [-0.05, 0) is 48.5 Å². The highest BCUT2D eigenvalue weighted by Gasteiger charge is 2.38. The van der Waals surface area contributed by atoms with E-state index in [1.165, 1.54) is 34.4 Å².